The van der Waals surface area contributed by atoms with Crippen LogP contribution in [0.2, 0.25) is 0 Å². The average Bonchev–Trinajstić information content (AvgIpc) is 2.17. The van der Waals surface area contributed by atoms with Crippen molar-refractivity contribution in [1.82, 2.24) is 15.5 Å². The quantitative estimate of drug-likeness (QED) is 0.416. The van der Waals surface area contributed by atoms with Crippen molar-refractivity contribution in [3.63, 3.8) is 0 Å². The van der Waals surface area contributed by atoms with Crippen molar-refractivity contribution in [3.8, 4) is 0 Å². The fourth-order valence-electron chi connectivity index (χ4n) is 0.820. The third-order valence-corrected chi connectivity index (χ3v) is 1.64. The molecule has 0 unspecified atom stereocenters. The van der Waals surface area contributed by atoms with Crippen LogP contribution in [-0.4, -0.2) is 64.2 Å². The van der Waals surface area contributed by atoms with Gasteiger partial charge in [0, 0.05) is 26.7 Å². The molecule has 15 heavy (non-hydrogen) atoms. The van der Waals surface area contributed by atoms with Gasteiger partial charge in [0.05, 0.1) is 6.61 Å². The number of rotatable bonds is 6. The molecule has 0 aromatic rings. The molecule has 0 bridgehead atoms. The fraction of sp³-hybridized carbons (Fsp3) is 0.778. The molecule has 0 saturated carbocycles. The first kappa shape index (κ1) is 13.9. The predicted octanol–water partition coefficient (Wildman–Crippen LogP) is -1.57. The molecule has 0 rings (SSSR count). The van der Waals surface area contributed by atoms with Crippen LogP contribution in [0, 0.1) is 0 Å². The summed E-state index contributed by atoms with van der Waals surface area (Å²) in [6, 6.07) is 0. The van der Waals surface area contributed by atoms with E-state index in [1.165, 1.54) is 7.11 Å². The Bertz CT molecular complexity index is 207. The fourth-order valence-corrected chi connectivity index (χ4v) is 0.820. The van der Waals surface area contributed by atoms with Crippen molar-refractivity contribution in [2.75, 3.05) is 47.4 Å². The van der Waals surface area contributed by atoms with Gasteiger partial charge in [-0.05, 0) is 14.1 Å². The van der Waals surface area contributed by atoms with Crippen molar-refractivity contribution in [1.29, 1.82) is 0 Å². The summed E-state index contributed by atoms with van der Waals surface area (Å²) in [6.45, 7) is 1.91. The molecule has 0 atom stereocenters. The average molecular weight is 217 g/mol. The van der Waals surface area contributed by atoms with Crippen LogP contribution in [0.3, 0.4) is 0 Å². The lowest BCUT2D eigenvalue weighted by Gasteiger charge is -2.10. The maximum atomic E-state index is 11.1. The number of nitrogens with zero attached hydrogens (tertiary/aromatic N) is 1. The minimum atomic E-state index is -0.620. The summed E-state index contributed by atoms with van der Waals surface area (Å²) < 4.78 is 4.73. The summed E-state index contributed by atoms with van der Waals surface area (Å²) in [5, 5.41) is 4.94. The number of amides is 2. The van der Waals surface area contributed by atoms with Crippen molar-refractivity contribution in [2.24, 2.45) is 0 Å². The Morgan fingerprint density at radius 1 is 1.13 bits per heavy atom. The maximum Gasteiger partial charge on any atom is 0.309 e. The topological polar surface area (TPSA) is 70.7 Å². The molecular formula is C9H19N3O3. The van der Waals surface area contributed by atoms with Gasteiger partial charge in [-0.15, -0.1) is 0 Å². The summed E-state index contributed by atoms with van der Waals surface area (Å²) in [6.07, 6.45) is 0. The molecule has 88 valence electrons. The first-order valence-electron chi connectivity index (χ1n) is 4.77. The zero-order valence-electron chi connectivity index (χ0n) is 9.50. The van der Waals surface area contributed by atoms with Crippen LogP contribution < -0.4 is 10.6 Å². The van der Waals surface area contributed by atoms with Crippen molar-refractivity contribution < 1.29 is 14.3 Å². The van der Waals surface area contributed by atoms with Crippen LogP contribution in [0.25, 0.3) is 0 Å². The maximum absolute atomic E-state index is 11.1. The van der Waals surface area contributed by atoms with Gasteiger partial charge in [0.2, 0.25) is 0 Å². The number of methoxy groups -OCH3 is 1. The first-order valence-corrected chi connectivity index (χ1v) is 4.77. The van der Waals surface area contributed by atoms with Crippen LogP contribution in [0.4, 0.5) is 0 Å². The Morgan fingerprint density at radius 3 is 2.13 bits per heavy atom. The molecule has 0 spiro atoms. The lowest BCUT2D eigenvalue weighted by atomic mass is 10.5. The van der Waals surface area contributed by atoms with E-state index >= 15 is 0 Å². The van der Waals surface area contributed by atoms with Gasteiger partial charge in [-0.2, -0.15) is 0 Å². The summed E-state index contributed by atoms with van der Waals surface area (Å²) in [5.74, 6) is -1.22. The zero-order chi connectivity index (χ0) is 11.7. The highest BCUT2D eigenvalue weighted by atomic mass is 16.5. The van der Waals surface area contributed by atoms with Gasteiger partial charge < -0.3 is 20.3 Å². The molecule has 0 aromatic carbocycles. The highest BCUT2D eigenvalue weighted by Gasteiger charge is 2.11. The number of hydrogen-bond acceptors (Lipinski definition) is 4. The van der Waals surface area contributed by atoms with Gasteiger partial charge in [0.25, 0.3) is 0 Å². The molecule has 0 aliphatic carbocycles. The Labute approximate surface area is 90.0 Å². The van der Waals surface area contributed by atoms with E-state index in [9.17, 15) is 9.59 Å². The third-order valence-electron chi connectivity index (χ3n) is 1.64. The Hall–Kier alpha value is -1.14. The summed E-state index contributed by atoms with van der Waals surface area (Å²) in [7, 11) is 5.32. The Morgan fingerprint density at radius 2 is 1.67 bits per heavy atom. The van der Waals surface area contributed by atoms with E-state index in [0.29, 0.717) is 26.2 Å². The van der Waals surface area contributed by atoms with Gasteiger partial charge in [0.1, 0.15) is 0 Å². The van der Waals surface area contributed by atoms with E-state index < -0.39 is 11.8 Å². The molecule has 0 fully saturated rings. The molecule has 2 N–H and O–H groups in total. The van der Waals surface area contributed by atoms with Gasteiger partial charge >= 0.3 is 11.8 Å². The van der Waals surface area contributed by atoms with Crippen LogP contribution >= 0.6 is 0 Å². The normalized spacial score (nSPS) is 10.1. The molecule has 0 aliphatic heterocycles. The number of nitrogens with one attached hydrogen (secondary N) is 2. The molecule has 6 nitrogen and oxygen atoms in total. The SMILES string of the molecule is COCCNC(=O)C(=O)NCCN(C)C. The summed E-state index contributed by atoms with van der Waals surface area (Å²) in [5.41, 5.74) is 0. The molecule has 2 amide bonds. The molecule has 0 heterocycles. The smallest absolute Gasteiger partial charge is 0.309 e. The predicted molar refractivity (Wildman–Crippen MR) is 56.4 cm³/mol. The number of ether oxygens (including phenoxy) is 1. The van der Waals surface area contributed by atoms with E-state index in [2.05, 4.69) is 10.6 Å². The zero-order valence-corrected chi connectivity index (χ0v) is 9.50. The molecule has 0 saturated heterocycles. The number of carbonyl (C=O) groups is 2. The van der Waals surface area contributed by atoms with E-state index in [-0.39, 0.29) is 0 Å². The second kappa shape index (κ2) is 8.19. The second-order valence-corrected chi connectivity index (χ2v) is 3.31. The lowest BCUT2D eigenvalue weighted by Crippen LogP contribution is -2.43. The minimum absolute atomic E-state index is 0.344. The van der Waals surface area contributed by atoms with E-state index in [1.54, 1.807) is 0 Å². The standard InChI is InChI=1S/C9H19N3O3/c1-12(2)6-4-10-8(13)9(14)11-5-7-15-3/h4-7H2,1-3H3,(H,10,13)(H,11,14). The summed E-state index contributed by atoms with van der Waals surface area (Å²) in [4.78, 5) is 24.2. The van der Waals surface area contributed by atoms with E-state index in [4.69, 9.17) is 4.74 Å². The van der Waals surface area contributed by atoms with Crippen LogP contribution in [0.5, 0.6) is 0 Å². The monoisotopic (exact) mass is 217 g/mol. The number of likely N-dealkylation sites (N-methyl/N-ethyl adjacent to an activating group) is 1. The molecular weight excluding hydrogens is 198 g/mol. The highest BCUT2D eigenvalue weighted by Crippen LogP contribution is 1.73. The van der Waals surface area contributed by atoms with Crippen LogP contribution in [0.15, 0.2) is 0 Å². The number of carbonyl (C=O) groups excluding carboxylic acids is 2. The van der Waals surface area contributed by atoms with E-state index in [0.717, 1.165) is 0 Å². The van der Waals surface area contributed by atoms with Gasteiger partial charge in [-0.25, -0.2) is 0 Å². The van der Waals surface area contributed by atoms with Crippen LogP contribution in [-0.2, 0) is 14.3 Å². The summed E-state index contributed by atoms with van der Waals surface area (Å²) >= 11 is 0. The largest absolute Gasteiger partial charge is 0.383 e. The highest BCUT2D eigenvalue weighted by molar-refractivity contribution is 6.35. The van der Waals surface area contributed by atoms with Gasteiger partial charge in [-0.1, -0.05) is 0 Å². The molecule has 0 radical (unpaired) electrons. The van der Waals surface area contributed by atoms with E-state index in [1.807, 2.05) is 19.0 Å². The molecule has 0 aromatic heterocycles. The molecule has 0 aliphatic rings. The number of hydrogen-bond donors (Lipinski definition) is 2. The van der Waals surface area contributed by atoms with Gasteiger partial charge in [-0.3, -0.25) is 9.59 Å². The van der Waals surface area contributed by atoms with Crippen LogP contribution in [0.1, 0.15) is 0 Å². The van der Waals surface area contributed by atoms with Crippen molar-refractivity contribution in [2.45, 2.75) is 0 Å². The minimum Gasteiger partial charge on any atom is -0.383 e. The molecule has 6 heteroatoms. The van der Waals surface area contributed by atoms with Crippen molar-refractivity contribution in [3.05, 3.63) is 0 Å². The van der Waals surface area contributed by atoms with Crippen molar-refractivity contribution >= 4 is 11.8 Å². The third kappa shape index (κ3) is 7.90. The first-order chi connectivity index (χ1) is 7.07. The van der Waals surface area contributed by atoms with Gasteiger partial charge in [0.15, 0.2) is 0 Å². The Balaban J connectivity index is 3.56. The lowest BCUT2D eigenvalue weighted by molar-refractivity contribution is -0.139. The Kier molecular flexibility index (Phi) is 7.57. The second-order valence-electron chi connectivity index (χ2n) is 3.31.